The zero-order valence-electron chi connectivity index (χ0n) is 17.0. The van der Waals surface area contributed by atoms with E-state index in [1.165, 1.54) is 0 Å². The van der Waals surface area contributed by atoms with E-state index < -0.39 is 15.6 Å². The molecule has 1 aromatic carbocycles. The van der Waals surface area contributed by atoms with Gasteiger partial charge in [0.1, 0.15) is 0 Å². The summed E-state index contributed by atoms with van der Waals surface area (Å²) in [6.07, 6.45) is 1.81. The van der Waals surface area contributed by atoms with Crippen molar-refractivity contribution in [3.8, 4) is 0 Å². The van der Waals surface area contributed by atoms with Crippen molar-refractivity contribution in [1.29, 1.82) is 0 Å². The van der Waals surface area contributed by atoms with Gasteiger partial charge in [-0.1, -0.05) is 18.2 Å². The molecule has 1 aliphatic heterocycles. The van der Waals surface area contributed by atoms with Gasteiger partial charge in [0.2, 0.25) is 10.0 Å². The number of sulfonamides is 1. The number of thiazole rings is 1. The quantitative estimate of drug-likeness (QED) is 0.548. The average molecular weight is 437 g/mol. The van der Waals surface area contributed by atoms with Gasteiger partial charge in [0.25, 0.3) is 0 Å². The van der Waals surface area contributed by atoms with Gasteiger partial charge in [0.15, 0.2) is 11.1 Å². The maximum absolute atomic E-state index is 12.8. The molecule has 0 radical (unpaired) electrons. The topological polar surface area (TPSA) is 104 Å². The van der Waals surface area contributed by atoms with Crippen LogP contribution in [0.3, 0.4) is 0 Å². The average Bonchev–Trinajstić information content (AvgIpc) is 3.19. The molecule has 0 aliphatic carbocycles. The molecule has 0 spiro atoms. The molecule has 3 rings (SSSR count). The van der Waals surface area contributed by atoms with Crippen molar-refractivity contribution in [3.05, 3.63) is 41.4 Å². The minimum Gasteiger partial charge on any atom is -0.370 e. The predicted molar refractivity (Wildman–Crippen MR) is 118 cm³/mol. The highest BCUT2D eigenvalue weighted by atomic mass is 32.2. The van der Waals surface area contributed by atoms with Crippen LogP contribution in [0.1, 0.15) is 26.3 Å². The lowest BCUT2D eigenvalue weighted by Crippen LogP contribution is -2.51. The molecule has 0 saturated carbocycles. The second-order valence-corrected chi connectivity index (χ2v) is 10.5. The summed E-state index contributed by atoms with van der Waals surface area (Å²) in [5.41, 5.74) is 6.26. The maximum Gasteiger partial charge on any atom is 0.241 e. The van der Waals surface area contributed by atoms with Crippen LogP contribution in [0.15, 0.2) is 45.7 Å². The number of anilines is 1. The molecule has 29 heavy (non-hydrogen) atoms. The molecule has 1 fully saturated rings. The first-order chi connectivity index (χ1) is 13.7. The Kier molecular flexibility index (Phi) is 6.45. The fourth-order valence-electron chi connectivity index (χ4n) is 3.12. The molecular weight excluding hydrogens is 408 g/mol. The summed E-state index contributed by atoms with van der Waals surface area (Å²) in [5.74, 6) is 0.430. The van der Waals surface area contributed by atoms with Crippen LogP contribution in [0.4, 0.5) is 5.13 Å². The van der Waals surface area contributed by atoms with Crippen molar-refractivity contribution < 1.29 is 8.42 Å². The number of nitrogens with two attached hydrogens (primary N) is 1. The third-order valence-corrected chi connectivity index (χ3v) is 7.10. The maximum atomic E-state index is 12.8. The monoisotopic (exact) mass is 436 g/mol. The highest BCUT2D eigenvalue weighted by Gasteiger charge is 2.24. The molecular formula is C19H28N6O2S2. The van der Waals surface area contributed by atoms with Gasteiger partial charge in [0, 0.05) is 43.3 Å². The summed E-state index contributed by atoms with van der Waals surface area (Å²) in [6, 6.07) is 6.89. The molecule has 1 aliphatic rings. The van der Waals surface area contributed by atoms with E-state index in [-0.39, 0.29) is 11.4 Å². The number of guanidine groups is 1. The Hall–Kier alpha value is -2.17. The van der Waals surface area contributed by atoms with Crippen LogP contribution in [0.2, 0.25) is 0 Å². The molecule has 2 aromatic rings. The highest BCUT2D eigenvalue weighted by molar-refractivity contribution is 7.89. The van der Waals surface area contributed by atoms with E-state index in [2.05, 4.69) is 19.6 Å². The summed E-state index contributed by atoms with van der Waals surface area (Å²) in [6.45, 7) is 8.80. The number of benzene rings is 1. The standard InChI is InChI=1S/C19H28N6O2S2/c1-19(2,3)23-29(26,27)16-7-5-4-6-15(16)14-22-17(20)24-9-11-25(12-10-24)18-21-8-13-28-18/h4-8,13,23H,9-12,14H2,1-3H3,(H2,20,22). The highest BCUT2D eigenvalue weighted by Crippen LogP contribution is 2.20. The Bertz CT molecular complexity index is 943. The number of nitrogens with one attached hydrogen (secondary N) is 1. The van der Waals surface area contributed by atoms with Gasteiger partial charge in [0.05, 0.1) is 11.4 Å². The van der Waals surface area contributed by atoms with E-state index >= 15 is 0 Å². The molecule has 8 nitrogen and oxygen atoms in total. The van der Waals surface area contributed by atoms with E-state index in [0.717, 1.165) is 31.3 Å². The van der Waals surface area contributed by atoms with Crippen LogP contribution in [-0.4, -0.2) is 56.0 Å². The van der Waals surface area contributed by atoms with Crippen molar-refractivity contribution in [3.63, 3.8) is 0 Å². The summed E-state index contributed by atoms with van der Waals surface area (Å²) in [5, 5.41) is 2.99. The van der Waals surface area contributed by atoms with Crippen molar-refractivity contribution in [2.24, 2.45) is 10.7 Å². The second-order valence-electron chi connectivity index (χ2n) is 7.93. The zero-order valence-corrected chi connectivity index (χ0v) is 18.6. The first kappa shape index (κ1) is 21.5. The molecule has 3 N–H and O–H groups in total. The number of piperazine rings is 1. The third kappa shape index (κ3) is 5.68. The van der Waals surface area contributed by atoms with Crippen molar-refractivity contribution in [2.75, 3.05) is 31.1 Å². The van der Waals surface area contributed by atoms with E-state index in [9.17, 15) is 8.42 Å². The van der Waals surface area contributed by atoms with Gasteiger partial charge in [-0.15, -0.1) is 11.3 Å². The largest absolute Gasteiger partial charge is 0.370 e. The van der Waals surface area contributed by atoms with Gasteiger partial charge in [-0.05, 0) is 32.4 Å². The molecule has 10 heteroatoms. The molecule has 2 heterocycles. The van der Waals surface area contributed by atoms with Crippen molar-refractivity contribution in [2.45, 2.75) is 37.8 Å². The molecule has 158 valence electrons. The van der Waals surface area contributed by atoms with Gasteiger partial charge in [-0.25, -0.2) is 23.1 Å². The lowest BCUT2D eigenvalue weighted by Gasteiger charge is -2.35. The lowest BCUT2D eigenvalue weighted by molar-refractivity contribution is 0.380. The Balaban J connectivity index is 1.67. The number of aliphatic imine (C=N–C) groups is 1. The Labute approximate surface area is 176 Å². The van der Waals surface area contributed by atoms with Gasteiger partial charge in [-0.3, -0.25) is 0 Å². The normalized spacial score (nSPS) is 16.3. The van der Waals surface area contributed by atoms with E-state index in [1.54, 1.807) is 29.5 Å². The molecule has 1 aromatic heterocycles. The summed E-state index contributed by atoms with van der Waals surface area (Å²) < 4.78 is 28.2. The fourth-order valence-corrected chi connectivity index (χ4v) is 5.47. The van der Waals surface area contributed by atoms with Crippen molar-refractivity contribution >= 4 is 32.5 Å². The van der Waals surface area contributed by atoms with Crippen LogP contribution < -0.4 is 15.4 Å². The summed E-state index contributed by atoms with van der Waals surface area (Å²) in [7, 11) is -3.64. The van der Waals surface area contributed by atoms with E-state index in [4.69, 9.17) is 5.73 Å². The van der Waals surface area contributed by atoms with Gasteiger partial charge < -0.3 is 15.5 Å². The SMILES string of the molecule is CC(C)(C)NS(=O)(=O)c1ccccc1CN=C(N)N1CCN(c2nccs2)CC1. The molecule has 0 atom stereocenters. The van der Waals surface area contributed by atoms with Crippen molar-refractivity contribution in [1.82, 2.24) is 14.6 Å². The van der Waals surface area contributed by atoms with Crippen LogP contribution in [0, 0.1) is 0 Å². The van der Waals surface area contributed by atoms with Gasteiger partial charge in [-0.2, -0.15) is 0 Å². The third-order valence-electron chi connectivity index (χ3n) is 4.41. The van der Waals surface area contributed by atoms with Crippen LogP contribution in [0.25, 0.3) is 0 Å². The Morgan fingerprint density at radius 3 is 2.55 bits per heavy atom. The van der Waals surface area contributed by atoms with Crippen LogP contribution >= 0.6 is 11.3 Å². The minimum atomic E-state index is -3.64. The summed E-state index contributed by atoms with van der Waals surface area (Å²) >= 11 is 1.63. The molecule has 0 bridgehead atoms. The Morgan fingerprint density at radius 2 is 1.93 bits per heavy atom. The second kappa shape index (κ2) is 8.68. The van der Waals surface area contributed by atoms with E-state index in [1.807, 2.05) is 43.3 Å². The lowest BCUT2D eigenvalue weighted by atomic mass is 10.1. The predicted octanol–water partition coefficient (Wildman–Crippen LogP) is 1.86. The van der Waals surface area contributed by atoms with E-state index in [0.29, 0.717) is 11.5 Å². The molecule has 0 amide bonds. The van der Waals surface area contributed by atoms with Crippen LogP contribution in [-0.2, 0) is 16.6 Å². The Morgan fingerprint density at radius 1 is 1.24 bits per heavy atom. The number of hydrogen-bond donors (Lipinski definition) is 2. The fraction of sp³-hybridized carbons (Fsp3) is 0.474. The minimum absolute atomic E-state index is 0.208. The van der Waals surface area contributed by atoms with Gasteiger partial charge >= 0.3 is 0 Å². The summed E-state index contributed by atoms with van der Waals surface area (Å²) in [4.78, 5) is 13.3. The number of hydrogen-bond acceptors (Lipinski definition) is 6. The zero-order chi connectivity index (χ0) is 21.1. The first-order valence-electron chi connectivity index (χ1n) is 9.47. The number of rotatable bonds is 5. The first-order valence-corrected chi connectivity index (χ1v) is 11.8. The smallest absolute Gasteiger partial charge is 0.241 e. The molecule has 1 saturated heterocycles. The molecule has 0 unspecified atom stereocenters. The van der Waals surface area contributed by atoms with Crippen LogP contribution in [0.5, 0.6) is 0 Å². The number of nitrogens with zero attached hydrogens (tertiary/aromatic N) is 4. The number of aromatic nitrogens is 1.